The molecule has 1 spiro atoms. The van der Waals surface area contributed by atoms with Gasteiger partial charge >= 0.3 is 5.69 Å². The van der Waals surface area contributed by atoms with Crippen molar-refractivity contribution in [1.82, 2.24) is 0 Å². The lowest BCUT2D eigenvalue weighted by Crippen LogP contribution is -2.58. The second-order valence-electron chi connectivity index (χ2n) is 9.23. The summed E-state index contributed by atoms with van der Waals surface area (Å²) in [5, 5.41) is 22.9. The molecule has 0 aliphatic carbocycles. The third-order valence-corrected chi connectivity index (χ3v) is 6.97. The van der Waals surface area contributed by atoms with Gasteiger partial charge in [-0.1, -0.05) is 30.4 Å². The van der Waals surface area contributed by atoms with Gasteiger partial charge in [-0.2, -0.15) is 0 Å². The SMILES string of the molecule is CN1c2ccccc2C(C)(C)C12C=Cc1cc(/C=C/c3ccc([N+](=O)[O-])cc3)cc([N+](=O)[O-])c1O2. The zero-order chi connectivity index (χ0) is 25.0. The number of nitro benzene ring substituents is 2. The maximum absolute atomic E-state index is 12.1. The first-order valence-corrected chi connectivity index (χ1v) is 11.1. The molecule has 3 aromatic carbocycles. The number of hydrogen-bond acceptors (Lipinski definition) is 6. The summed E-state index contributed by atoms with van der Waals surface area (Å²) in [5.41, 5.74) is 2.64. The highest BCUT2D eigenvalue weighted by Gasteiger charge is 2.58. The Labute approximate surface area is 202 Å². The molecule has 0 radical (unpaired) electrons. The van der Waals surface area contributed by atoms with Gasteiger partial charge in [0.25, 0.3) is 5.69 Å². The van der Waals surface area contributed by atoms with Crippen LogP contribution in [-0.2, 0) is 5.41 Å². The summed E-state index contributed by atoms with van der Waals surface area (Å²) in [6, 6.07) is 17.5. The lowest BCUT2D eigenvalue weighted by Gasteiger charge is -2.45. The fourth-order valence-electron chi connectivity index (χ4n) is 5.02. The quantitative estimate of drug-likeness (QED) is 0.256. The molecule has 0 amide bonds. The van der Waals surface area contributed by atoms with E-state index in [4.69, 9.17) is 4.74 Å². The highest BCUT2D eigenvalue weighted by molar-refractivity contribution is 5.79. The molecule has 0 saturated carbocycles. The zero-order valence-electron chi connectivity index (χ0n) is 19.5. The van der Waals surface area contributed by atoms with Crippen LogP contribution in [0.5, 0.6) is 5.75 Å². The molecule has 2 aliphatic heterocycles. The van der Waals surface area contributed by atoms with E-state index in [0.29, 0.717) is 11.1 Å². The summed E-state index contributed by atoms with van der Waals surface area (Å²) in [4.78, 5) is 24.1. The minimum atomic E-state index is -0.912. The van der Waals surface area contributed by atoms with E-state index in [1.165, 1.54) is 18.2 Å². The van der Waals surface area contributed by atoms with Crippen molar-refractivity contribution < 1.29 is 14.6 Å². The Hall–Kier alpha value is -4.46. The Balaban J connectivity index is 1.53. The molecular weight excluding hydrogens is 446 g/mol. The molecule has 1 atom stereocenters. The molecular formula is C27H23N3O5. The van der Waals surface area contributed by atoms with Gasteiger partial charge in [-0.25, -0.2) is 0 Å². The Bertz CT molecular complexity index is 1430. The predicted molar refractivity (Wildman–Crippen MR) is 135 cm³/mol. The average Bonchev–Trinajstić information content (AvgIpc) is 3.01. The van der Waals surface area contributed by atoms with Crippen LogP contribution in [0.3, 0.4) is 0 Å². The summed E-state index contributed by atoms with van der Waals surface area (Å²) < 4.78 is 6.55. The van der Waals surface area contributed by atoms with Gasteiger partial charge in [0.2, 0.25) is 11.5 Å². The van der Waals surface area contributed by atoms with Crippen LogP contribution in [-0.4, -0.2) is 22.6 Å². The number of non-ortho nitro benzene ring substituents is 1. The van der Waals surface area contributed by atoms with E-state index in [1.54, 1.807) is 24.3 Å². The van der Waals surface area contributed by atoms with Gasteiger partial charge in [0.1, 0.15) is 0 Å². The van der Waals surface area contributed by atoms with Crippen molar-refractivity contribution in [3.05, 3.63) is 109 Å². The largest absolute Gasteiger partial charge is 0.456 e. The third-order valence-electron chi connectivity index (χ3n) is 6.97. The highest BCUT2D eigenvalue weighted by Crippen LogP contribution is 2.55. The molecule has 8 heteroatoms. The number of benzene rings is 3. The van der Waals surface area contributed by atoms with Gasteiger partial charge in [-0.05, 0) is 67.0 Å². The number of para-hydroxylation sites is 1. The molecule has 2 aliphatic rings. The van der Waals surface area contributed by atoms with Crippen LogP contribution in [0.1, 0.15) is 36.1 Å². The summed E-state index contributed by atoms with van der Waals surface area (Å²) >= 11 is 0. The third kappa shape index (κ3) is 3.37. The van der Waals surface area contributed by atoms with Crippen LogP contribution in [0.4, 0.5) is 17.1 Å². The fraction of sp³-hybridized carbons (Fsp3) is 0.185. The summed E-state index contributed by atoms with van der Waals surface area (Å²) in [5.74, 6) is 0.234. The van der Waals surface area contributed by atoms with Crippen molar-refractivity contribution in [3.8, 4) is 5.75 Å². The lowest BCUT2D eigenvalue weighted by atomic mass is 9.76. The number of ether oxygens (including phenoxy) is 1. The van der Waals surface area contributed by atoms with E-state index in [2.05, 4.69) is 19.9 Å². The molecule has 0 N–H and O–H groups in total. The highest BCUT2D eigenvalue weighted by atomic mass is 16.6. The van der Waals surface area contributed by atoms with Crippen LogP contribution in [0.2, 0.25) is 0 Å². The van der Waals surface area contributed by atoms with Crippen molar-refractivity contribution in [2.24, 2.45) is 0 Å². The van der Waals surface area contributed by atoms with E-state index >= 15 is 0 Å². The van der Waals surface area contributed by atoms with Gasteiger partial charge in [-0.15, -0.1) is 0 Å². The first-order chi connectivity index (χ1) is 16.6. The molecule has 8 nitrogen and oxygen atoms in total. The van der Waals surface area contributed by atoms with Crippen molar-refractivity contribution in [2.75, 3.05) is 11.9 Å². The minimum Gasteiger partial charge on any atom is -0.456 e. The van der Waals surface area contributed by atoms with Gasteiger partial charge in [-0.3, -0.25) is 20.2 Å². The van der Waals surface area contributed by atoms with Crippen LogP contribution in [0, 0.1) is 20.2 Å². The van der Waals surface area contributed by atoms with Crippen molar-refractivity contribution in [2.45, 2.75) is 25.0 Å². The van der Waals surface area contributed by atoms with E-state index in [0.717, 1.165) is 16.8 Å². The van der Waals surface area contributed by atoms with Gasteiger partial charge in [0, 0.05) is 36.5 Å². The van der Waals surface area contributed by atoms with Gasteiger partial charge in [0.15, 0.2) is 0 Å². The van der Waals surface area contributed by atoms with Gasteiger partial charge in [0.05, 0.1) is 15.3 Å². The van der Waals surface area contributed by atoms with E-state index < -0.39 is 21.0 Å². The maximum atomic E-state index is 12.1. The monoisotopic (exact) mass is 469 g/mol. The first kappa shape index (κ1) is 22.3. The molecule has 2 heterocycles. The van der Waals surface area contributed by atoms with E-state index in [9.17, 15) is 20.2 Å². The minimum absolute atomic E-state index is 0.00439. The molecule has 1 unspecified atom stereocenters. The lowest BCUT2D eigenvalue weighted by molar-refractivity contribution is -0.386. The Kier molecular flexibility index (Phi) is 4.98. The van der Waals surface area contributed by atoms with E-state index in [-0.39, 0.29) is 17.1 Å². The molecule has 176 valence electrons. The average molecular weight is 469 g/mol. The number of fused-ring (bicyclic) bond motifs is 2. The van der Waals surface area contributed by atoms with Crippen molar-refractivity contribution in [1.29, 1.82) is 0 Å². The number of anilines is 1. The zero-order valence-corrected chi connectivity index (χ0v) is 19.5. The Morgan fingerprint density at radius 2 is 1.60 bits per heavy atom. The van der Waals surface area contributed by atoms with Crippen LogP contribution < -0.4 is 9.64 Å². The molecule has 0 saturated heterocycles. The first-order valence-electron chi connectivity index (χ1n) is 11.1. The molecule has 3 aromatic rings. The molecule has 0 fully saturated rings. The van der Waals surface area contributed by atoms with Gasteiger partial charge < -0.3 is 9.64 Å². The second kappa shape index (κ2) is 7.80. The number of likely N-dealkylation sites (N-methyl/N-ethyl adjacent to an activating group) is 1. The summed E-state index contributed by atoms with van der Waals surface area (Å²) in [6.45, 7) is 4.16. The predicted octanol–water partition coefficient (Wildman–Crippen LogP) is 6.20. The standard InChI is InChI=1S/C27H23N3O5/c1-26(2)22-6-4-5-7-23(22)28(3)27(26)15-14-20-16-19(17-24(30(33)34)25(20)35-27)9-8-18-10-12-21(13-11-18)29(31)32/h4-17H,1-3H3/b9-8+. The molecule has 0 bridgehead atoms. The fourth-order valence-corrected chi connectivity index (χ4v) is 5.02. The van der Waals surface area contributed by atoms with Crippen LogP contribution in [0.25, 0.3) is 18.2 Å². The molecule has 0 aromatic heterocycles. The summed E-state index contributed by atoms with van der Waals surface area (Å²) in [7, 11) is 1.94. The number of nitrogens with zero attached hydrogens (tertiary/aromatic N) is 3. The van der Waals surface area contributed by atoms with Crippen molar-refractivity contribution >= 4 is 35.3 Å². The Morgan fingerprint density at radius 1 is 0.914 bits per heavy atom. The second-order valence-corrected chi connectivity index (χ2v) is 9.23. The normalized spacial score (nSPS) is 19.5. The number of rotatable bonds is 4. The maximum Gasteiger partial charge on any atom is 0.312 e. The van der Waals surface area contributed by atoms with Crippen molar-refractivity contribution in [3.63, 3.8) is 0 Å². The topological polar surface area (TPSA) is 98.8 Å². The number of nitro groups is 2. The number of hydrogen-bond donors (Lipinski definition) is 0. The smallest absolute Gasteiger partial charge is 0.312 e. The van der Waals surface area contributed by atoms with Crippen LogP contribution >= 0.6 is 0 Å². The van der Waals surface area contributed by atoms with E-state index in [1.807, 2.05) is 48.4 Å². The summed E-state index contributed by atoms with van der Waals surface area (Å²) in [6.07, 6.45) is 7.37. The molecule has 5 rings (SSSR count). The Morgan fingerprint density at radius 3 is 2.26 bits per heavy atom. The molecule has 35 heavy (non-hydrogen) atoms. The van der Waals surface area contributed by atoms with Crippen LogP contribution in [0.15, 0.2) is 66.7 Å².